The molecule has 1 fully saturated rings. The number of aromatic nitrogens is 1. The van der Waals surface area contributed by atoms with E-state index in [2.05, 4.69) is 51.0 Å². The van der Waals surface area contributed by atoms with Crippen LogP contribution in [-0.2, 0) is 0 Å². The van der Waals surface area contributed by atoms with Gasteiger partial charge in [0.1, 0.15) is 0 Å². The summed E-state index contributed by atoms with van der Waals surface area (Å²) in [4.78, 5) is 4.65. The molecule has 1 unspecified atom stereocenters. The molecule has 21 heavy (non-hydrogen) atoms. The van der Waals surface area contributed by atoms with Crippen LogP contribution < -0.4 is 5.32 Å². The minimum atomic E-state index is 0.386. The highest BCUT2D eigenvalue weighted by Gasteiger charge is 2.22. The van der Waals surface area contributed by atoms with E-state index in [-0.39, 0.29) is 0 Å². The molecule has 2 rings (SSSR count). The number of hydrogen-bond acceptors (Lipinski definition) is 2. The zero-order valence-corrected chi connectivity index (χ0v) is 14.5. The Morgan fingerprint density at radius 2 is 1.67 bits per heavy atom. The normalized spacial score (nSPS) is 20.0. The Hall–Kier alpha value is -0.890. The molecule has 0 bridgehead atoms. The fourth-order valence-corrected chi connectivity index (χ4v) is 4.11. The predicted molar refractivity (Wildman–Crippen MR) is 90.7 cm³/mol. The third-order valence-electron chi connectivity index (χ3n) is 5.14. The molecule has 0 radical (unpaired) electrons. The maximum absolute atomic E-state index is 4.65. The van der Waals surface area contributed by atoms with E-state index in [1.165, 1.54) is 55.3 Å². The summed E-state index contributed by atoms with van der Waals surface area (Å²) in [7, 11) is 0. The summed E-state index contributed by atoms with van der Waals surface area (Å²) in [6, 6.07) is 3.19. The minimum Gasteiger partial charge on any atom is -0.307 e. The average Bonchev–Trinajstić information content (AvgIpc) is 2.65. The molecule has 0 aliphatic heterocycles. The zero-order chi connectivity index (χ0) is 15.4. The number of hydrogen-bond donors (Lipinski definition) is 1. The van der Waals surface area contributed by atoms with Gasteiger partial charge in [-0.15, -0.1) is 0 Å². The summed E-state index contributed by atoms with van der Waals surface area (Å²) >= 11 is 0. The molecule has 1 aliphatic carbocycles. The van der Waals surface area contributed by atoms with Crippen molar-refractivity contribution in [2.75, 3.05) is 0 Å². The van der Waals surface area contributed by atoms with E-state index in [1.54, 1.807) is 0 Å². The lowest BCUT2D eigenvalue weighted by Crippen LogP contribution is -2.36. The van der Waals surface area contributed by atoms with Crippen LogP contribution in [0.1, 0.15) is 80.9 Å². The van der Waals surface area contributed by atoms with Gasteiger partial charge in [0.05, 0.1) is 0 Å². The van der Waals surface area contributed by atoms with Crippen molar-refractivity contribution in [1.29, 1.82) is 0 Å². The monoisotopic (exact) mass is 288 g/mol. The van der Waals surface area contributed by atoms with Gasteiger partial charge >= 0.3 is 0 Å². The van der Waals surface area contributed by atoms with Crippen molar-refractivity contribution in [1.82, 2.24) is 10.3 Å². The lowest BCUT2D eigenvalue weighted by molar-refractivity contribution is 0.315. The molecule has 0 saturated heterocycles. The zero-order valence-electron chi connectivity index (χ0n) is 14.5. The van der Waals surface area contributed by atoms with Crippen LogP contribution in [0.3, 0.4) is 0 Å². The van der Waals surface area contributed by atoms with E-state index in [4.69, 9.17) is 0 Å². The van der Waals surface area contributed by atoms with E-state index in [0.29, 0.717) is 12.1 Å². The summed E-state index contributed by atoms with van der Waals surface area (Å²) in [6.07, 6.45) is 8.47. The van der Waals surface area contributed by atoms with Crippen molar-refractivity contribution in [3.63, 3.8) is 0 Å². The van der Waals surface area contributed by atoms with Crippen molar-refractivity contribution in [2.45, 2.75) is 85.2 Å². The summed E-state index contributed by atoms with van der Waals surface area (Å²) in [6.45, 7) is 11.1. The molecule has 0 aromatic carbocycles. The van der Waals surface area contributed by atoms with Gasteiger partial charge in [0.25, 0.3) is 0 Å². The number of nitrogens with zero attached hydrogens (tertiary/aromatic N) is 1. The predicted octanol–water partition coefficient (Wildman–Crippen LogP) is 5.02. The molecular formula is C19H32N2. The van der Waals surface area contributed by atoms with Crippen LogP contribution in [0, 0.1) is 26.7 Å². The SMILES string of the molecule is Cc1cc(C)c(C(C)N[C@@H](C)C2CCCCCC2)c(C)n1. The van der Waals surface area contributed by atoms with Crippen LogP contribution in [0.4, 0.5) is 0 Å². The minimum absolute atomic E-state index is 0.386. The van der Waals surface area contributed by atoms with Crippen molar-refractivity contribution in [2.24, 2.45) is 5.92 Å². The van der Waals surface area contributed by atoms with Crippen molar-refractivity contribution < 1.29 is 0 Å². The van der Waals surface area contributed by atoms with Crippen LogP contribution in [-0.4, -0.2) is 11.0 Å². The first-order chi connectivity index (χ1) is 9.99. The highest BCUT2D eigenvalue weighted by atomic mass is 15.0. The molecular weight excluding hydrogens is 256 g/mol. The van der Waals surface area contributed by atoms with Gasteiger partial charge < -0.3 is 5.32 Å². The summed E-state index contributed by atoms with van der Waals surface area (Å²) < 4.78 is 0. The Morgan fingerprint density at radius 1 is 1.05 bits per heavy atom. The van der Waals surface area contributed by atoms with Gasteiger partial charge in [0.15, 0.2) is 0 Å². The first kappa shape index (κ1) is 16.5. The number of aryl methyl sites for hydroxylation is 3. The van der Waals surface area contributed by atoms with Crippen molar-refractivity contribution >= 4 is 0 Å². The Morgan fingerprint density at radius 3 is 2.24 bits per heavy atom. The summed E-state index contributed by atoms with van der Waals surface area (Å²) in [5.74, 6) is 0.842. The highest BCUT2D eigenvalue weighted by molar-refractivity contribution is 5.33. The molecule has 2 atom stereocenters. The second-order valence-corrected chi connectivity index (χ2v) is 7.01. The molecule has 2 heteroatoms. The Balaban J connectivity index is 2.05. The topological polar surface area (TPSA) is 24.9 Å². The standard InChI is InChI=1S/C19H32N2/c1-13-12-14(2)20-16(4)19(13)17(5)21-15(3)18-10-8-6-7-9-11-18/h12,15,17-18,21H,6-11H2,1-5H3/t15-,17?/m0/s1. The lowest BCUT2D eigenvalue weighted by atomic mass is 9.91. The van der Waals surface area contributed by atoms with Crippen LogP contribution in [0.2, 0.25) is 0 Å². The van der Waals surface area contributed by atoms with Crippen LogP contribution in [0.5, 0.6) is 0 Å². The van der Waals surface area contributed by atoms with E-state index in [9.17, 15) is 0 Å². The molecule has 1 aliphatic rings. The van der Waals surface area contributed by atoms with Gasteiger partial charge in [0, 0.05) is 23.5 Å². The molecule has 1 aromatic rings. The van der Waals surface area contributed by atoms with Crippen LogP contribution in [0.15, 0.2) is 6.07 Å². The van der Waals surface area contributed by atoms with Crippen LogP contribution in [0.25, 0.3) is 0 Å². The highest BCUT2D eigenvalue weighted by Crippen LogP contribution is 2.28. The quantitative estimate of drug-likeness (QED) is 0.787. The lowest BCUT2D eigenvalue weighted by Gasteiger charge is -2.28. The molecule has 1 N–H and O–H groups in total. The van der Waals surface area contributed by atoms with Crippen LogP contribution >= 0.6 is 0 Å². The maximum Gasteiger partial charge on any atom is 0.0426 e. The van der Waals surface area contributed by atoms with Gasteiger partial charge in [-0.05, 0) is 70.6 Å². The Bertz CT molecular complexity index is 436. The second kappa shape index (κ2) is 7.40. The average molecular weight is 288 g/mol. The first-order valence-electron chi connectivity index (χ1n) is 8.70. The van der Waals surface area contributed by atoms with Gasteiger partial charge in [-0.25, -0.2) is 0 Å². The Kier molecular flexibility index (Phi) is 5.80. The Labute approximate surface area is 130 Å². The third kappa shape index (κ3) is 4.29. The largest absolute Gasteiger partial charge is 0.307 e. The molecule has 1 aromatic heterocycles. The van der Waals surface area contributed by atoms with E-state index < -0.39 is 0 Å². The second-order valence-electron chi connectivity index (χ2n) is 7.01. The maximum atomic E-state index is 4.65. The molecule has 1 saturated carbocycles. The molecule has 0 amide bonds. The summed E-state index contributed by atoms with van der Waals surface area (Å²) in [5.41, 5.74) is 5.06. The van der Waals surface area contributed by atoms with Gasteiger partial charge in [0.2, 0.25) is 0 Å². The number of nitrogens with one attached hydrogen (secondary N) is 1. The van der Waals surface area contributed by atoms with E-state index in [0.717, 1.165) is 11.6 Å². The number of pyridine rings is 1. The van der Waals surface area contributed by atoms with Gasteiger partial charge in [-0.2, -0.15) is 0 Å². The molecule has 0 spiro atoms. The van der Waals surface area contributed by atoms with Crippen molar-refractivity contribution in [3.05, 3.63) is 28.6 Å². The fraction of sp³-hybridized carbons (Fsp3) is 0.737. The van der Waals surface area contributed by atoms with Crippen molar-refractivity contribution in [3.8, 4) is 0 Å². The number of rotatable bonds is 4. The fourth-order valence-electron chi connectivity index (χ4n) is 4.11. The molecule has 1 heterocycles. The first-order valence-corrected chi connectivity index (χ1v) is 8.70. The smallest absolute Gasteiger partial charge is 0.0426 e. The molecule has 2 nitrogen and oxygen atoms in total. The van der Waals surface area contributed by atoms with E-state index in [1.807, 2.05) is 0 Å². The summed E-state index contributed by atoms with van der Waals surface area (Å²) in [5, 5.41) is 3.85. The van der Waals surface area contributed by atoms with Gasteiger partial charge in [-0.1, -0.05) is 25.7 Å². The van der Waals surface area contributed by atoms with Gasteiger partial charge in [-0.3, -0.25) is 4.98 Å². The molecule has 118 valence electrons. The van der Waals surface area contributed by atoms with E-state index >= 15 is 0 Å². The third-order valence-corrected chi connectivity index (χ3v) is 5.14.